The van der Waals surface area contributed by atoms with Crippen LogP contribution in [0.2, 0.25) is 0 Å². The summed E-state index contributed by atoms with van der Waals surface area (Å²) in [6.07, 6.45) is 9.04. The Balaban J connectivity index is 1.60. The van der Waals surface area contributed by atoms with Gasteiger partial charge in [-0.15, -0.1) is 0 Å². The van der Waals surface area contributed by atoms with Gasteiger partial charge >= 0.3 is 0 Å². The molecule has 1 aromatic heterocycles. The van der Waals surface area contributed by atoms with E-state index in [1.165, 1.54) is 25.0 Å². The summed E-state index contributed by atoms with van der Waals surface area (Å²) in [7, 11) is 0. The van der Waals surface area contributed by atoms with Crippen molar-refractivity contribution in [3.8, 4) is 0 Å². The lowest BCUT2D eigenvalue weighted by Gasteiger charge is -2.39. The molecule has 148 valence electrons. The molecule has 28 heavy (non-hydrogen) atoms. The SMILES string of the molecule is O=C(c1cccnc1)N(c1ccc(F)cc1)[C@@H]1CCCC[C@H]1OOCC1CC1. The highest BCUT2D eigenvalue weighted by molar-refractivity contribution is 6.06. The molecule has 2 fully saturated rings. The second-order valence-electron chi connectivity index (χ2n) is 7.61. The van der Waals surface area contributed by atoms with E-state index in [9.17, 15) is 9.18 Å². The molecule has 2 aliphatic rings. The molecule has 2 saturated carbocycles. The second-order valence-corrected chi connectivity index (χ2v) is 7.61. The Morgan fingerprint density at radius 3 is 2.61 bits per heavy atom. The maximum absolute atomic E-state index is 13.5. The van der Waals surface area contributed by atoms with Crippen LogP contribution in [0.15, 0.2) is 48.8 Å². The molecule has 5 nitrogen and oxygen atoms in total. The van der Waals surface area contributed by atoms with E-state index in [-0.39, 0.29) is 23.9 Å². The van der Waals surface area contributed by atoms with Gasteiger partial charge in [-0.1, -0.05) is 12.8 Å². The molecule has 0 bridgehead atoms. The highest BCUT2D eigenvalue weighted by Gasteiger charge is 2.36. The number of aromatic nitrogens is 1. The molecule has 1 heterocycles. The first-order valence-corrected chi connectivity index (χ1v) is 10.00. The number of halogens is 1. The standard InChI is InChI=1S/C22H25FN2O3/c23-18-9-11-19(12-10-18)25(22(26)17-4-3-13-24-14-17)20-5-1-2-6-21(20)28-27-15-16-7-8-16/h3-4,9-14,16,20-21H,1-2,5-8,15H2/t20-,21-/m1/s1. The summed E-state index contributed by atoms with van der Waals surface area (Å²) in [4.78, 5) is 30.4. The molecule has 0 radical (unpaired) electrons. The minimum Gasteiger partial charge on any atom is -0.303 e. The van der Waals surface area contributed by atoms with E-state index in [2.05, 4.69) is 4.98 Å². The van der Waals surface area contributed by atoms with Gasteiger partial charge in [-0.25, -0.2) is 14.2 Å². The zero-order valence-electron chi connectivity index (χ0n) is 15.8. The Kier molecular flexibility index (Phi) is 5.98. The van der Waals surface area contributed by atoms with Crippen LogP contribution in [-0.2, 0) is 9.78 Å². The van der Waals surface area contributed by atoms with E-state index < -0.39 is 0 Å². The van der Waals surface area contributed by atoms with Crippen LogP contribution in [-0.4, -0.2) is 29.6 Å². The number of rotatable bonds is 7. The third-order valence-corrected chi connectivity index (χ3v) is 5.42. The van der Waals surface area contributed by atoms with Crippen LogP contribution >= 0.6 is 0 Å². The molecule has 0 saturated heterocycles. The highest BCUT2D eigenvalue weighted by Crippen LogP contribution is 2.33. The smallest absolute Gasteiger partial charge is 0.260 e. The number of hydrogen-bond acceptors (Lipinski definition) is 4. The lowest BCUT2D eigenvalue weighted by Crippen LogP contribution is -2.50. The molecule has 1 aromatic carbocycles. The molecular weight excluding hydrogens is 359 g/mol. The van der Waals surface area contributed by atoms with Crippen molar-refractivity contribution in [1.29, 1.82) is 0 Å². The summed E-state index contributed by atoms with van der Waals surface area (Å²) < 4.78 is 13.5. The number of pyridine rings is 1. The molecule has 0 unspecified atom stereocenters. The molecule has 1 amide bonds. The predicted octanol–water partition coefficient (Wildman–Crippen LogP) is 4.54. The van der Waals surface area contributed by atoms with Gasteiger partial charge in [0.05, 0.1) is 18.2 Å². The van der Waals surface area contributed by atoms with Crippen LogP contribution in [0.4, 0.5) is 10.1 Å². The summed E-state index contributed by atoms with van der Waals surface area (Å²) in [5.41, 5.74) is 1.15. The molecular formula is C22H25FN2O3. The van der Waals surface area contributed by atoms with Crippen molar-refractivity contribution >= 4 is 11.6 Å². The number of anilines is 1. The van der Waals surface area contributed by atoms with Gasteiger partial charge in [-0.3, -0.25) is 9.78 Å². The lowest BCUT2D eigenvalue weighted by molar-refractivity contribution is -0.333. The van der Waals surface area contributed by atoms with Gasteiger partial charge in [0.15, 0.2) is 0 Å². The van der Waals surface area contributed by atoms with Crippen molar-refractivity contribution in [2.24, 2.45) is 5.92 Å². The van der Waals surface area contributed by atoms with Gasteiger partial charge < -0.3 is 4.90 Å². The van der Waals surface area contributed by atoms with Crippen molar-refractivity contribution in [2.45, 2.75) is 50.7 Å². The number of nitrogens with zero attached hydrogens (tertiary/aromatic N) is 2. The summed E-state index contributed by atoms with van der Waals surface area (Å²) in [5.74, 6) is 0.108. The molecule has 6 heteroatoms. The third kappa shape index (κ3) is 4.56. The van der Waals surface area contributed by atoms with Crippen molar-refractivity contribution in [1.82, 2.24) is 4.98 Å². The predicted molar refractivity (Wildman–Crippen MR) is 103 cm³/mol. The van der Waals surface area contributed by atoms with E-state index in [0.717, 1.165) is 25.7 Å². The Bertz CT molecular complexity index is 780. The van der Waals surface area contributed by atoms with Gasteiger partial charge in [0.2, 0.25) is 0 Å². The topological polar surface area (TPSA) is 51.7 Å². The fraction of sp³-hybridized carbons (Fsp3) is 0.455. The van der Waals surface area contributed by atoms with Crippen LogP contribution in [0.1, 0.15) is 48.9 Å². The van der Waals surface area contributed by atoms with Gasteiger partial charge in [-0.05, 0) is 68.0 Å². The molecule has 2 aliphatic carbocycles. The van der Waals surface area contributed by atoms with Crippen LogP contribution in [0, 0.1) is 11.7 Å². The van der Waals surface area contributed by atoms with Crippen molar-refractivity contribution in [3.63, 3.8) is 0 Å². The second kappa shape index (κ2) is 8.80. The lowest BCUT2D eigenvalue weighted by atomic mass is 9.90. The Labute approximate surface area is 164 Å². The maximum atomic E-state index is 13.5. The van der Waals surface area contributed by atoms with E-state index in [1.807, 2.05) is 0 Å². The van der Waals surface area contributed by atoms with E-state index >= 15 is 0 Å². The fourth-order valence-corrected chi connectivity index (χ4v) is 3.68. The summed E-state index contributed by atoms with van der Waals surface area (Å²) in [6, 6.07) is 9.34. The molecule has 2 aromatic rings. The first-order chi connectivity index (χ1) is 13.7. The van der Waals surface area contributed by atoms with Crippen LogP contribution < -0.4 is 4.90 Å². The monoisotopic (exact) mass is 384 g/mol. The minimum atomic E-state index is -0.332. The van der Waals surface area contributed by atoms with E-state index in [4.69, 9.17) is 9.78 Å². The Hall–Kier alpha value is -2.31. The maximum Gasteiger partial charge on any atom is 0.260 e. The summed E-state index contributed by atoms with van der Waals surface area (Å²) in [6.45, 7) is 0.607. The van der Waals surface area contributed by atoms with Gasteiger partial charge in [0, 0.05) is 18.1 Å². The summed E-state index contributed by atoms with van der Waals surface area (Å²) in [5, 5.41) is 0. The Morgan fingerprint density at radius 2 is 1.89 bits per heavy atom. The summed E-state index contributed by atoms with van der Waals surface area (Å²) >= 11 is 0. The molecule has 2 atom stereocenters. The Morgan fingerprint density at radius 1 is 1.11 bits per heavy atom. The normalized spacial score (nSPS) is 22.0. The van der Waals surface area contributed by atoms with Crippen LogP contribution in [0.5, 0.6) is 0 Å². The number of benzene rings is 1. The first-order valence-electron chi connectivity index (χ1n) is 10.00. The average Bonchev–Trinajstić information content (AvgIpc) is 3.56. The van der Waals surface area contributed by atoms with Crippen molar-refractivity contribution in [3.05, 3.63) is 60.2 Å². The number of amides is 1. The largest absolute Gasteiger partial charge is 0.303 e. The van der Waals surface area contributed by atoms with Gasteiger partial charge in [0.25, 0.3) is 5.91 Å². The zero-order chi connectivity index (χ0) is 19.3. The number of hydrogen-bond donors (Lipinski definition) is 0. The molecule has 0 spiro atoms. The minimum absolute atomic E-state index is 0.164. The van der Waals surface area contributed by atoms with Crippen LogP contribution in [0.3, 0.4) is 0 Å². The van der Waals surface area contributed by atoms with E-state index in [0.29, 0.717) is 23.8 Å². The highest BCUT2D eigenvalue weighted by atomic mass is 19.1. The average molecular weight is 384 g/mol. The van der Waals surface area contributed by atoms with E-state index in [1.54, 1.807) is 41.6 Å². The number of carbonyl (C=O) groups is 1. The number of carbonyl (C=O) groups excluding carboxylic acids is 1. The van der Waals surface area contributed by atoms with Crippen LogP contribution in [0.25, 0.3) is 0 Å². The molecule has 0 N–H and O–H groups in total. The fourth-order valence-electron chi connectivity index (χ4n) is 3.68. The zero-order valence-corrected chi connectivity index (χ0v) is 15.8. The van der Waals surface area contributed by atoms with Gasteiger partial charge in [-0.2, -0.15) is 0 Å². The van der Waals surface area contributed by atoms with Crippen molar-refractivity contribution < 1.29 is 19.0 Å². The van der Waals surface area contributed by atoms with Gasteiger partial charge in [0.1, 0.15) is 11.9 Å². The quantitative estimate of drug-likeness (QED) is 0.520. The molecule has 0 aliphatic heterocycles. The third-order valence-electron chi connectivity index (χ3n) is 5.42. The van der Waals surface area contributed by atoms with Crippen molar-refractivity contribution in [2.75, 3.05) is 11.5 Å². The first kappa shape index (κ1) is 19.0. The molecule has 4 rings (SSSR count).